The van der Waals surface area contributed by atoms with E-state index in [9.17, 15) is 4.79 Å². The van der Waals surface area contributed by atoms with Gasteiger partial charge in [0, 0.05) is 19.8 Å². The molecule has 0 unspecified atom stereocenters. The van der Waals surface area contributed by atoms with Gasteiger partial charge in [-0.25, -0.2) is 9.67 Å². The van der Waals surface area contributed by atoms with E-state index in [1.807, 2.05) is 6.92 Å². The molecule has 6 nitrogen and oxygen atoms in total. The molecule has 15 heavy (non-hydrogen) atoms. The van der Waals surface area contributed by atoms with E-state index in [2.05, 4.69) is 15.2 Å². The Morgan fingerprint density at radius 3 is 2.93 bits per heavy atom. The number of hydrogen-bond donors (Lipinski definition) is 0. The molecule has 0 aliphatic carbocycles. The molecule has 0 aliphatic heterocycles. The smallest absolute Gasteiger partial charge is 0.250 e. The average molecular weight is 205 g/mol. The van der Waals surface area contributed by atoms with E-state index < -0.39 is 0 Å². The van der Waals surface area contributed by atoms with Crippen molar-refractivity contribution in [1.82, 2.24) is 24.5 Å². The molecule has 0 N–H and O–H groups in total. The Morgan fingerprint density at radius 1 is 1.53 bits per heavy atom. The molecule has 2 rings (SSSR count). The molecule has 0 atom stereocenters. The summed E-state index contributed by atoms with van der Waals surface area (Å²) in [6, 6.07) is 1.66. The van der Waals surface area contributed by atoms with E-state index in [4.69, 9.17) is 0 Å². The Hall–Kier alpha value is -1.98. The van der Waals surface area contributed by atoms with Crippen LogP contribution in [-0.4, -0.2) is 30.3 Å². The fourth-order valence-electron chi connectivity index (χ4n) is 1.32. The first-order valence-electron chi connectivity index (χ1n) is 4.64. The fraction of sp³-hybridized carbons (Fsp3) is 0.333. The number of hydrogen-bond acceptors (Lipinski definition) is 4. The topological polar surface area (TPSA) is 65.6 Å². The summed E-state index contributed by atoms with van der Waals surface area (Å²) in [5.41, 5.74) is 0.389. The zero-order valence-corrected chi connectivity index (χ0v) is 8.58. The summed E-state index contributed by atoms with van der Waals surface area (Å²) in [4.78, 5) is 15.8. The Labute approximate surface area is 86.5 Å². The third-order valence-corrected chi connectivity index (χ3v) is 2.06. The highest BCUT2D eigenvalue weighted by Gasteiger charge is 2.17. The zero-order valence-electron chi connectivity index (χ0n) is 8.58. The van der Waals surface area contributed by atoms with Gasteiger partial charge in [-0.15, -0.1) is 0 Å². The van der Waals surface area contributed by atoms with Crippen molar-refractivity contribution in [2.45, 2.75) is 13.5 Å². The number of carbonyl (C=O) groups excluding carboxylic acids is 1. The van der Waals surface area contributed by atoms with Crippen LogP contribution in [0.4, 0.5) is 0 Å². The van der Waals surface area contributed by atoms with Gasteiger partial charge in [0.05, 0.1) is 0 Å². The van der Waals surface area contributed by atoms with Crippen molar-refractivity contribution in [3.8, 4) is 0 Å². The molecule has 0 saturated heterocycles. The Kier molecular flexibility index (Phi) is 2.32. The van der Waals surface area contributed by atoms with Crippen molar-refractivity contribution in [2.75, 3.05) is 0 Å². The van der Waals surface area contributed by atoms with Crippen LogP contribution in [0.15, 0.2) is 18.6 Å². The number of nitrogens with zero attached hydrogens (tertiary/aromatic N) is 5. The maximum atomic E-state index is 11.9. The molecule has 0 aromatic carbocycles. The van der Waals surface area contributed by atoms with Crippen molar-refractivity contribution in [2.24, 2.45) is 7.05 Å². The standard InChI is InChI=1S/C9H11N5O/c1-3-14-9(10-6-11-14)8(15)7-4-5-13(2)12-7/h4-6H,3H2,1-2H3. The normalized spacial score (nSPS) is 10.5. The van der Waals surface area contributed by atoms with Crippen LogP contribution in [0, 0.1) is 0 Å². The molecule has 2 heterocycles. The highest BCUT2D eigenvalue weighted by Crippen LogP contribution is 2.04. The molecule has 0 saturated carbocycles. The van der Waals surface area contributed by atoms with Crippen LogP contribution in [0.2, 0.25) is 0 Å². The number of ketones is 1. The maximum absolute atomic E-state index is 11.9. The minimum Gasteiger partial charge on any atom is -0.283 e. The first-order chi connectivity index (χ1) is 7.22. The molecule has 0 fully saturated rings. The lowest BCUT2D eigenvalue weighted by Gasteiger charge is -1.98. The van der Waals surface area contributed by atoms with Crippen LogP contribution in [-0.2, 0) is 13.6 Å². The first kappa shape index (κ1) is 9.57. The Balaban J connectivity index is 2.36. The SMILES string of the molecule is CCn1ncnc1C(=O)c1ccn(C)n1. The average Bonchev–Trinajstić information content (AvgIpc) is 2.84. The van der Waals surface area contributed by atoms with Gasteiger partial charge < -0.3 is 0 Å². The number of aromatic nitrogens is 5. The largest absolute Gasteiger partial charge is 0.283 e. The molecule has 0 spiro atoms. The van der Waals surface area contributed by atoms with Gasteiger partial charge in [-0.05, 0) is 13.0 Å². The second-order valence-corrected chi connectivity index (χ2v) is 3.10. The molecule has 0 bridgehead atoms. The quantitative estimate of drug-likeness (QED) is 0.674. The lowest BCUT2D eigenvalue weighted by molar-refractivity contribution is 0.101. The van der Waals surface area contributed by atoms with Gasteiger partial charge in [0.25, 0.3) is 0 Å². The minimum atomic E-state index is -0.199. The van der Waals surface area contributed by atoms with Gasteiger partial charge in [0.2, 0.25) is 11.6 Å². The van der Waals surface area contributed by atoms with Gasteiger partial charge in [0.15, 0.2) is 0 Å². The van der Waals surface area contributed by atoms with E-state index in [-0.39, 0.29) is 5.78 Å². The molecule has 0 amide bonds. The van der Waals surface area contributed by atoms with Crippen LogP contribution in [0.25, 0.3) is 0 Å². The Morgan fingerprint density at radius 2 is 2.33 bits per heavy atom. The van der Waals surface area contributed by atoms with Gasteiger partial charge in [0.1, 0.15) is 12.0 Å². The third kappa shape index (κ3) is 1.65. The van der Waals surface area contributed by atoms with Crippen molar-refractivity contribution in [3.05, 3.63) is 30.1 Å². The first-order valence-corrected chi connectivity index (χ1v) is 4.64. The molecule has 6 heteroatoms. The molecule has 2 aromatic rings. The van der Waals surface area contributed by atoms with Crippen LogP contribution < -0.4 is 0 Å². The van der Waals surface area contributed by atoms with Crippen LogP contribution in [0.1, 0.15) is 23.2 Å². The second kappa shape index (κ2) is 3.64. The number of carbonyl (C=O) groups is 1. The summed E-state index contributed by atoms with van der Waals surface area (Å²) in [5, 5.41) is 7.97. The number of rotatable bonds is 3. The summed E-state index contributed by atoms with van der Waals surface area (Å²) < 4.78 is 3.14. The van der Waals surface area contributed by atoms with Crippen molar-refractivity contribution >= 4 is 5.78 Å². The van der Waals surface area contributed by atoms with E-state index in [1.165, 1.54) is 6.33 Å². The van der Waals surface area contributed by atoms with Crippen LogP contribution in [0.3, 0.4) is 0 Å². The predicted octanol–water partition coefficient (Wildman–Crippen LogP) is 0.262. The van der Waals surface area contributed by atoms with E-state index in [1.54, 1.807) is 28.7 Å². The van der Waals surface area contributed by atoms with Crippen LogP contribution >= 0.6 is 0 Å². The van der Waals surface area contributed by atoms with Crippen molar-refractivity contribution in [3.63, 3.8) is 0 Å². The van der Waals surface area contributed by atoms with Gasteiger partial charge in [-0.2, -0.15) is 10.2 Å². The summed E-state index contributed by atoms with van der Waals surface area (Å²) in [6.45, 7) is 2.53. The summed E-state index contributed by atoms with van der Waals surface area (Å²) in [7, 11) is 1.77. The summed E-state index contributed by atoms with van der Waals surface area (Å²) >= 11 is 0. The van der Waals surface area contributed by atoms with E-state index >= 15 is 0 Å². The third-order valence-electron chi connectivity index (χ3n) is 2.06. The molecule has 0 radical (unpaired) electrons. The van der Waals surface area contributed by atoms with Gasteiger partial charge in [-0.1, -0.05) is 0 Å². The lowest BCUT2D eigenvalue weighted by Crippen LogP contribution is -2.12. The van der Waals surface area contributed by atoms with Crippen LogP contribution in [0.5, 0.6) is 0 Å². The lowest BCUT2D eigenvalue weighted by atomic mass is 10.3. The monoisotopic (exact) mass is 205 g/mol. The van der Waals surface area contributed by atoms with Crippen molar-refractivity contribution in [1.29, 1.82) is 0 Å². The predicted molar refractivity (Wildman–Crippen MR) is 52.3 cm³/mol. The fourth-order valence-corrected chi connectivity index (χ4v) is 1.32. The van der Waals surface area contributed by atoms with Crippen molar-refractivity contribution < 1.29 is 4.79 Å². The zero-order chi connectivity index (χ0) is 10.8. The molecular formula is C9H11N5O. The summed E-state index contributed by atoms with van der Waals surface area (Å²) in [6.07, 6.45) is 3.10. The minimum absolute atomic E-state index is 0.199. The van der Waals surface area contributed by atoms with E-state index in [0.717, 1.165) is 0 Å². The van der Waals surface area contributed by atoms with Gasteiger partial charge >= 0.3 is 0 Å². The summed E-state index contributed by atoms with van der Waals surface area (Å²) in [5.74, 6) is 0.131. The highest BCUT2D eigenvalue weighted by molar-refractivity contribution is 6.05. The molecule has 2 aromatic heterocycles. The molecular weight excluding hydrogens is 194 g/mol. The Bertz CT molecular complexity index is 484. The maximum Gasteiger partial charge on any atom is 0.250 e. The highest BCUT2D eigenvalue weighted by atomic mass is 16.1. The van der Waals surface area contributed by atoms with Gasteiger partial charge in [-0.3, -0.25) is 9.48 Å². The number of aryl methyl sites for hydroxylation is 2. The second-order valence-electron chi connectivity index (χ2n) is 3.10. The molecule has 78 valence electrons. The van der Waals surface area contributed by atoms with E-state index in [0.29, 0.717) is 18.1 Å². The molecule has 0 aliphatic rings.